The van der Waals surface area contributed by atoms with Crippen LogP contribution in [0.4, 0.5) is 0 Å². The lowest BCUT2D eigenvalue weighted by molar-refractivity contribution is -0.117. The number of hydrogen-bond acceptors (Lipinski definition) is 5. The molecule has 6 atom stereocenters. The van der Waals surface area contributed by atoms with Gasteiger partial charge >= 0.3 is 0 Å². The van der Waals surface area contributed by atoms with Crippen LogP contribution in [0.15, 0.2) is 96.2 Å². The molecule has 1 aliphatic rings. The predicted molar refractivity (Wildman–Crippen MR) is 142 cm³/mol. The molecule has 35 heavy (non-hydrogen) atoms. The number of carbonyl (C=O) groups excluding carboxylic acids is 1. The molecule has 1 heterocycles. The highest BCUT2D eigenvalue weighted by molar-refractivity contribution is 5.87. The van der Waals surface area contributed by atoms with E-state index in [1.54, 1.807) is 49.5 Å². The first-order valence-electron chi connectivity index (χ1n) is 12.0. The first kappa shape index (κ1) is 30.3. The first-order chi connectivity index (χ1) is 16.6. The molecule has 0 saturated heterocycles. The van der Waals surface area contributed by atoms with Crippen LogP contribution >= 0.6 is 0 Å². The van der Waals surface area contributed by atoms with E-state index in [4.69, 9.17) is 0 Å². The summed E-state index contributed by atoms with van der Waals surface area (Å²) in [6.07, 6.45) is 20.5. The highest BCUT2D eigenvalue weighted by atomic mass is 16.4. The smallest absolute Gasteiger partial charge is 0.244 e. The molecule has 0 aliphatic carbocycles. The van der Waals surface area contributed by atoms with Crippen molar-refractivity contribution in [3.63, 3.8) is 0 Å². The molecule has 0 fully saturated rings. The highest BCUT2D eigenvalue weighted by Crippen LogP contribution is 2.15. The fourth-order valence-corrected chi connectivity index (χ4v) is 3.34. The van der Waals surface area contributed by atoms with E-state index in [1.807, 2.05) is 51.2 Å². The van der Waals surface area contributed by atoms with Crippen molar-refractivity contribution in [3.8, 4) is 0 Å². The molecule has 0 aromatic carbocycles. The molecule has 0 radical (unpaired) electrons. The Kier molecular flexibility index (Phi) is 14.5. The van der Waals surface area contributed by atoms with Gasteiger partial charge in [0.05, 0.1) is 18.3 Å². The Bertz CT molecular complexity index is 891. The quantitative estimate of drug-likeness (QED) is 0.362. The van der Waals surface area contributed by atoms with Crippen molar-refractivity contribution in [3.05, 3.63) is 96.2 Å². The predicted octanol–water partition coefficient (Wildman–Crippen LogP) is 3.59. The molecule has 0 bridgehead atoms. The SMILES string of the molecule is CC1=C\C=C\C[C@H](C)NC(=O)C=C/C=C/C=C/[C@H](C)[C@@H](O)[C@H](O)[C@H](O)C[C@@H](O)\C=C\C=C\C(C)=C\1. The maximum atomic E-state index is 12.0. The largest absolute Gasteiger partial charge is 0.390 e. The van der Waals surface area contributed by atoms with E-state index >= 15 is 0 Å². The van der Waals surface area contributed by atoms with Gasteiger partial charge in [-0.2, -0.15) is 0 Å². The van der Waals surface area contributed by atoms with Crippen LogP contribution < -0.4 is 5.32 Å². The van der Waals surface area contributed by atoms with Crippen molar-refractivity contribution < 1.29 is 25.2 Å². The molecule has 1 rings (SSSR count). The minimum Gasteiger partial charge on any atom is -0.390 e. The number of carbonyl (C=O) groups is 1. The zero-order valence-corrected chi connectivity index (χ0v) is 21.2. The molecule has 1 amide bonds. The van der Waals surface area contributed by atoms with Crippen LogP contribution in [-0.2, 0) is 4.79 Å². The first-order valence-corrected chi connectivity index (χ1v) is 12.0. The molecule has 1 aliphatic heterocycles. The maximum absolute atomic E-state index is 12.0. The molecule has 0 unspecified atom stereocenters. The molecule has 0 spiro atoms. The summed E-state index contributed by atoms with van der Waals surface area (Å²) in [4.78, 5) is 12.0. The average molecular weight is 484 g/mol. The van der Waals surface area contributed by atoms with Crippen LogP contribution in [0.2, 0.25) is 0 Å². The number of amides is 1. The van der Waals surface area contributed by atoms with Gasteiger partial charge in [0.1, 0.15) is 6.10 Å². The van der Waals surface area contributed by atoms with Crippen LogP contribution in [0.25, 0.3) is 0 Å². The Hall–Kier alpha value is -2.77. The lowest BCUT2D eigenvalue weighted by Crippen LogP contribution is -2.41. The minimum atomic E-state index is -1.41. The zero-order chi connectivity index (χ0) is 26.2. The van der Waals surface area contributed by atoms with Crippen molar-refractivity contribution in [2.24, 2.45) is 5.92 Å². The molecule has 0 aromatic heterocycles. The molecule has 6 nitrogen and oxygen atoms in total. The van der Waals surface area contributed by atoms with E-state index < -0.39 is 30.3 Å². The van der Waals surface area contributed by atoms with Gasteiger partial charge in [-0.1, -0.05) is 97.1 Å². The maximum Gasteiger partial charge on any atom is 0.244 e. The summed E-state index contributed by atoms with van der Waals surface area (Å²) >= 11 is 0. The second kappa shape index (κ2) is 16.8. The van der Waals surface area contributed by atoms with Gasteiger partial charge in [-0.25, -0.2) is 0 Å². The standard InChI is InChI=1S/C29H41NO5/c1-21-13-9-11-16-24(4)30-27(33)18-8-6-5-7-15-23(3)28(34)29(35)26(32)20-25(31)17-12-10-14-22(2)19-21/h5-15,17-19,23-26,28-29,31-32,34-35H,16,20H2,1-4H3,(H,30,33)/b6-5+,11-9+,14-10+,15-7+,17-12+,18-8?,21-13+,22-19+/t23-,24-,25-,26+,28+,29+/m0/s1. The summed E-state index contributed by atoms with van der Waals surface area (Å²) in [6, 6.07) is -0.00833. The van der Waals surface area contributed by atoms with Gasteiger partial charge < -0.3 is 25.7 Å². The lowest BCUT2D eigenvalue weighted by Gasteiger charge is -2.26. The fourth-order valence-electron chi connectivity index (χ4n) is 3.34. The number of rotatable bonds is 0. The van der Waals surface area contributed by atoms with Crippen LogP contribution in [0.5, 0.6) is 0 Å². The van der Waals surface area contributed by atoms with Crippen molar-refractivity contribution in [2.75, 3.05) is 0 Å². The van der Waals surface area contributed by atoms with E-state index in [0.29, 0.717) is 6.42 Å². The Morgan fingerprint density at radius 1 is 0.800 bits per heavy atom. The third-order valence-electron chi connectivity index (χ3n) is 5.39. The summed E-state index contributed by atoms with van der Waals surface area (Å²) in [5, 5.41) is 43.9. The second-order valence-electron chi connectivity index (χ2n) is 8.96. The third-order valence-corrected chi connectivity index (χ3v) is 5.39. The van der Waals surface area contributed by atoms with E-state index in [9.17, 15) is 25.2 Å². The molecule has 6 heteroatoms. The lowest BCUT2D eigenvalue weighted by atomic mass is 9.93. The summed E-state index contributed by atoms with van der Waals surface area (Å²) in [6.45, 7) is 7.62. The summed E-state index contributed by atoms with van der Waals surface area (Å²) < 4.78 is 0. The van der Waals surface area contributed by atoms with Crippen LogP contribution in [0.3, 0.4) is 0 Å². The molecule has 0 aromatic rings. The van der Waals surface area contributed by atoms with Crippen molar-refractivity contribution in [1.29, 1.82) is 0 Å². The Morgan fingerprint density at radius 2 is 1.46 bits per heavy atom. The normalized spacial score (nSPS) is 38.1. The number of hydrogen-bond donors (Lipinski definition) is 5. The summed E-state index contributed by atoms with van der Waals surface area (Å²) in [7, 11) is 0. The van der Waals surface area contributed by atoms with Crippen molar-refractivity contribution in [1.82, 2.24) is 5.32 Å². The van der Waals surface area contributed by atoms with E-state index in [2.05, 4.69) is 5.32 Å². The van der Waals surface area contributed by atoms with Gasteiger partial charge in [0.25, 0.3) is 0 Å². The van der Waals surface area contributed by atoms with Crippen molar-refractivity contribution in [2.45, 2.75) is 71.0 Å². The number of allylic oxidation sites excluding steroid dienone is 12. The van der Waals surface area contributed by atoms with E-state index in [-0.39, 0.29) is 18.4 Å². The molecular formula is C29H41NO5. The Morgan fingerprint density at radius 3 is 2.20 bits per heavy atom. The van der Waals surface area contributed by atoms with E-state index in [1.165, 1.54) is 12.2 Å². The zero-order valence-electron chi connectivity index (χ0n) is 21.2. The topological polar surface area (TPSA) is 110 Å². The number of nitrogens with one attached hydrogen (secondary N) is 1. The number of aliphatic hydroxyl groups excluding tert-OH is 4. The Labute approximate surface area is 209 Å². The molecule has 192 valence electrons. The molecule has 0 saturated carbocycles. The monoisotopic (exact) mass is 483 g/mol. The highest BCUT2D eigenvalue weighted by Gasteiger charge is 2.28. The van der Waals surface area contributed by atoms with Crippen LogP contribution in [-0.4, -0.2) is 56.8 Å². The minimum absolute atomic E-state index is 0.00833. The van der Waals surface area contributed by atoms with Crippen LogP contribution in [0.1, 0.15) is 40.5 Å². The van der Waals surface area contributed by atoms with Gasteiger partial charge in [0, 0.05) is 24.5 Å². The average Bonchev–Trinajstić information content (AvgIpc) is 2.79. The van der Waals surface area contributed by atoms with Gasteiger partial charge in [-0.3, -0.25) is 4.79 Å². The van der Waals surface area contributed by atoms with Gasteiger partial charge in [-0.05, 0) is 27.2 Å². The fraction of sp³-hybridized carbons (Fsp3) is 0.414. The Balaban J connectivity index is 3.00. The van der Waals surface area contributed by atoms with Gasteiger partial charge in [-0.15, -0.1) is 0 Å². The summed E-state index contributed by atoms with van der Waals surface area (Å²) in [5.41, 5.74) is 2.09. The summed E-state index contributed by atoms with van der Waals surface area (Å²) in [5.74, 6) is -0.623. The van der Waals surface area contributed by atoms with Crippen molar-refractivity contribution >= 4 is 5.91 Å². The van der Waals surface area contributed by atoms with Gasteiger partial charge in [0.2, 0.25) is 5.91 Å². The van der Waals surface area contributed by atoms with Crippen LogP contribution in [0, 0.1) is 5.92 Å². The number of aliphatic hydroxyl groups is 4. The molecule has 5 N–H and O–H groups in total. The molecular weight excluding hydrogens is 442 g/mol. The van der Waals surface area contributed by atoms with E-state index in [0.717, 1.165) is 11.1 Å². The third kappa shape index (κ3) is 13.6. The van der Waals surface area contributed by atoms with Gasteiger partial charge in [0.15, 0.2) is 0 Å². The second-order valence-corrected chi connectivity index (χ2v) is 8.96.